The topological polar surface area (TPSA) is 57.7 Å². The van der Waals surface area contributed by atoms with Gasteiger partial charge >= 0.3 is 0 Å². The predicted octanol–water partition coefficient (Wildman–Crippen LogP) is 2.75. The number of hydrogen-bond acceptors (Lipinski definition) is 3. The second kappa shape index (κ2) is 8.32. The highest BCUT2D eigenvalue weighted by Gasteiger charge is 2.32. The molecule has 1 aromatic rings. The van der Waals surface area contributed by atoms with Crippen molar-refractivity contribution in [1.29, 1.82) is 0 Å². The van der Waals surface area contributed by atoms with Crippen molar-refractivity contribution in [3.63, 3.8) is 0 Å². The molecule has 7 heteroatoms. The first-order valence-electron chi connectivity index (χ1n) is 8.39. The van der Waals surface area contributed by atoms with Crippen LogP contribution in [0, 0.1) is 5.92 Å². The molecule has 1 fully saturated rings. The lowest BCUT2D eigenvalue weighted by molar-refractivity contribution is -0.137. The summed E-state index contributed by atoms with van der Waals surface area (Å²) in [6, 6.07) is 7.53. The lowest BCUT2D eigenvalue weighted by atomic mass is 9.96. The van der Waals surface area contributed by atoms with Gasteiger partial charge in [0.05, 0.1) is 5.75 Å². The zero-order valence-corrected chi connectivity index (χ0v) is 15.8. The van der Waals surface area contributed by atoms with E-state index in [1.807, 2.05) is 31.2 Å². The molecule has 0 unspecified atom stereocenters. The fourth-order valence-electron chi connectivity index (χ4n) is 3.00. The minimum absolute atomic E-state index is 0.0889. The maximum Gasteiger partial charge on any atom is 0.226 e. The van der Waals surface area contributed by atoms with E-state index in [1.54, 1.807) is 11.8 Å². The van der Waals surface area contributed by atoms with Crippen molar-refractivity contribution < 1.29 is 13.2 Å². The third-order valence-corrected chi connectivity index (χ3v) is 6.82. The molecule has 1 saturated heterocycles. The molecule has 5 nitrogen and oxygen atoms in total. The molecule has 1 heterocycles. The quantitative estimate of drug-likeness (QED) is 0.771. The fourth-order valence-corrected chi connectivity index (χ4v) is 4.33. The molecule has 0 atom stereocenters. The maximum absolute atomic E-state index is 12.8. The van der Waals surface area contributed by atoms with Gasteiger partial charge in [-0.25, -0.2) is 12.7 Å². The summed E-state index contributed by atoms with van der Waals surface area (Å²) in [7, 11) is -3.16. The summed E-state index contributed by atoms with van der Waals surface area (Å²) in [4.78, 5) is 14.6. The van der Waals surface area contributed by atoms with Gasteiger partial charge in [0.1, 0.15) is 0 Å². The molecule has 1 amide bonds. The van der Waals surface area contributed by atoms with E-state index in [0.717, 1.165) is 5.56 Å². The molecule has 1 aliphatic rings. The van der Waals surface area contributed by atoms with Gasteiger partial charge in [-0.3, -0.25) is 4.79 Å². The van der Waals surface area contributed by atoms with E-state index in [9.17, 15) is 13.2 Å². The molecule has 0 aromatic heterocycles. The molecule has 0 aliphatic carbocycles. The lowest BCUT2D eigenvalue weighted by Gasteiger charge is -2.33. The third-order valence-electron chi connectivity index (χ3n) is 4.57. The Balaban J connectivity index is 1.99. The predicted molar refractivity (Wildman–Crippen MR) is 96.3 cm³/mol. The molecule has 134 valence electrons. The van der Waals surface area contributed by atoms with Crippen LogP contribution in [0.2, 0.25) is 5.02 Å². The summed E-state index contributed by atoms with van der Waals surface area (Å²) in [6.07, 6.45) is 1.16. The summed E-state index contributed by atoms with van der Waals surface area (Å²) in [5.41, 5.74) is 0.931. The van der Waals surface area contributed by atoms with Crippen LogP contribution in [0.4, 0.5) is 0 Å². The Morgan fingerprint density at radius 2 is 1.88 bits per heavy atom. The average molecular weight is 373 g/mol. The van der Waals surface area contributed by atoms with Crippen LogP contribution < -0.4 is 0 Å². The highest BCUT2D eigenvalue weighted by atomic mass is 35.5. The number of carbonyl (C=O) groups is 1. The number of rotatable bonds is 6. The van der Waals surface area contributed by atoms with E-state index >= 15 is 0 Å². The summed E-state index contributed by atoms with van der Waals surface area (Å²) >= 11 is 6.19. The zero-order valence-electron chi connectivity index (χ0n) is 14.2. The molecular formula is C17H25ClN2O3S. The van der Waals surface area contributed by atoms with Crippen molar-refractivity contribution in [3.05, 3.63) is 34.9 Å². The Kier molecular flexibility index (Phi) is 6.66. The van der Waals surface area contributed by atoms with Crippen LogP contribution in [-0.4, -0.2) is 48.9 Å². The number of nitrogens with zero attached hydrogens (tertiary/aromatic N) is 2. The first-order valence-corrected chi connectivity index (χ1v) is 10.4. The number of carbonyl (C=O) groups excluding carboxylic acids is 1. The van der Waals surface area contributed by atoms with Gasteiger partial charge in [-0.15, -0.1) is 0 Å². The normalized spacial score (nSPS) is 17.0. The molecule has 24 heavy (non-hydrogen) atoms. The summed E-state index contributed by atoms with van der Waals surface area (Å²) in [5.74, 6) is 0.0841. The Morgan fingerprint density at radius 1 is 1.25 bits per heavy atom. The Labute approximate surface area is 149 Å². The van der Waals surface area contributed by atoms with E-state index in [0.29, 0.717) is 44.0 Å². The Hall–Kier alpha value is -1.11. The maximum atomic E-state index is 12.8. The van der Waals surface area contributed by atoms with Gasteiger partial charge in [-0.05, 0) is 38.3 Å². The van der Waals surface area contributed by atoms with Gasteiger partial charge in [-0.1, -0.05) is 29.8 Å². The van der Waals surface area contributed by atoms with Crippen LogP contribution in [-0.2, 0) is 21.4 Å². The Bertz CT molecular complexity index is 670. The van der Waals surface area contributed by atoms with Crippen molar-refractivity contribution in [2.45, 2.75) is 33.2 Å². The Morgan fingerprint density at radius 3 is 2.42 bits per heavy atom. The zero-order chi connectivity index (χ0) is 17.7. The standard InChI is InChI=1S/C17H25ClN2O3S/c1-3-19(13-15-7-5-6-8-16(15)18)17(21)14-9-11-20(12-10-14)24(22,23)4-2/h5-8,14H,3-4,9-13H2,1-2H3. The van der Waals surface area contributed by atoms with Crippen molar-refractivity contribution in [3.8, 4) is 0 Å². The lowest BCUT2D eigenvalue weighted by Crippen LogP contribution is -2.44. The van der Waals surface area contributed by atoms with Gasteiger partial charge in [0.2, 0.25) is 15.9 Å². The molecule has 0 radical (unpaired) electrons. The molecule has 1 aromatic carbocycles. The van der Waals surface area contributed by atoms with Crippen LogP contribution in [0.1, 0.15) is 32.3 Å². The summed E-state index contributed by atoms with van der Waals surface area (Å²) < 4.78 is 25.3. The first kappa shape index (κ1) is 19.2. The molecular weight excluding hydrogens is 348 g/mol. The van der Waals surface area contributed by atoms with E-state index in [1.165, 1.54) is 4.31 Å². The van der Waals surface area contributed by atoms with Crippen LogP contribution in [0.25, 0.3) is 0 Å². The molecule has 1 aliphatic heterocycles. The smallest absolute Gasteiger partial charge is 0.226 e. The molecule has 0 N–H and O–H groups in total. The van der Waals surface area contributed by atoms with E-state index in [2.05, 4.69) is 0 Å². The minimum atomic E-state index is -3.16. The van der Waals surface area contributed by atoms with Crippen molar-refractivity contribution in [1.82, 2.24) is 9.21 Å². The van der Waals surface area contributed by atoms with Gasteiger partial charge in [-0.2, -0.15) is 0 Å². The van der Waals surface area contributed by atoms with Crippen LogP contribution in [0.3, 0.4) is 0 Å². The number of benzene rings is 1. The number of hydrogen-bond donors (Lipinski definition) is 0. The van der Waals surface area contributed by atoms with Crippen molar-refractivity contribution in [2.24, 2.45) is 5.92 Å². The number of halogens is 1. The van der Waals surface area contributed by atoms with E-state index < -0.39 is 10.0 Å². The number of sulfonamides is 1. The second-order valence-electron chi connectivity index (χ2n) is 6.02. The fraction of sp³-hybridized carbons (Fsp3) is 0.588. The van der Waals surface area contributed by atoms with Crippen LogP contribution in [0.5, 0.6) is 0 Å². The molecule has 0 saturated carbocycles. The molecule has 2 rings (SSSR count). The highest BCUT2D eigenvalue weighted by molar-refractivity contribution is 7.89. The monoisotopic (exact) mass is 372 g/mol. The van der Waals surface area contributed by atoms with Crippen LogP contribution in [0.15, 0.2) is 24.3 Å². The van der Waals surface area contributed by atoms with Crippen molar-refractivity contribution in [2.75, 3.05) is 25.4 Å². The van der Waals surface area contributed by atoms with E-state index in [4.69, 9.17) is 11.6 Å². The third kappa shape index (κ3) is 4.49. The van der Waals surface area contributed by atoms with Crippen LogP contribution >= 0.6 is 11.6 Å². The molecule has 0 spiro atoms. The first-order chi connectivity index (χ1) is 11.4. The SMILES string of the molecule is CCN(Cc1ccccc1Cl)C(=O)C1CCN(S(=O)(=O)CC)CC1. The summed E-state index contributed by atoms with van der Waals surface area (Å²) in [6.45, 7) is 5.55. The largest absolute Gasteiger partial charge is 0.338 e. The second-order valence-corrected chi connectivity index (χ2v) is 8.68. The number of amides is 1. The van der Waals surface area contributed by atoms with Gasteiger partial charge < -0.3 is 4.90 Å². The summed E-state index contributed by atoms with van der Waals surface area (Å²) in [5, 5.41) is 0.660. The highest BCUT2D eigenvalue weighted by Crippen LogP contribution is 2.24. The van der Waals surface area contributed by atoms with Gasteiger partial charge in [0, 0.05) is 37.1 Å². The average Bonchev–Trinajstić information content (AvgIpc) is 2.60. The minimum Gasteiger partial charge on any atom is -0.338 e. The number of piperidine rings is 1. The van der Waals surface area contributed by atoms with E-state index in [-0.39, 0.29) is 17.6 Å². The van der Waals surface area contributed by atoms with Gasteiger partial charge in [0.15, 0.2) is 0 Å². The molecule has 0 bridgehead atoms. The van der Waals surface area contributed by atoms with Gasteiger partial charge in [0.25, 0.3) is 0 Å². The van der Waals surface area contributed by atoms with Crippen molar-refractivity contribution >= 4 is 27.5 Å².